The van der Waals surface area contributed by atoms with Crippen molar-refractivity contribution in [3.63, 3.8) is 0 Å². The molecule has 0 fully saturated rings. The normalized spacial score (nSPS) is 9.60. The summed E-state index contributed by atoms with van der Waals surface area (Å²) < 4.78 is 1.28. The largest absolute Gasteiger partial charge is 0.368 e. The number of nitrogens with zero attached hydrogens (tertiary/aromatic N) is 3. The molecule has 0 aliphatic heterocycles. The number of carbonyl (C=O) groups is 1. The van der Waals surface area contributed by atoms with Gasteiger partial charge in [-0.25, -0.2) is 9.67 Å². The summed E-state index contributed by atoms with van der Waals surface area (Å²) in [6.45, 7) is 0.0181. The minimum atomic E-state index is -0.468. The van der Waals surface area contributed by atoms with Crippen molar-refractivity contribution in [2.45, 2.75) is 6.54 Å². The van der Waals surface area contributed by atoms with Crippen molar-refractivity contribution in [3.8, 4) is 0 Å². The first-order chi connectivity index (χ1) is 4.68. The quantitative estimate of drug-likeness (QED) is 0.515. The molecule has 0 saturated heterocycles. The first kappa shape index (κ1) is 6.53. The van der Waals surface area contributed by atoms with Gasteiger partial charge in [-0.1, -0.05) is 0 Å². The van der Waals surface area contributed by atoms with Crippen molar-refractivity contribution in [1.29, 1.82) is 0 Å². The molecule has 0 atom stereocenters. The zero-order chi connectivity index (χ0) is 7.56. The van der Waals surface area contributed by atoms with E-state index in [1.165, 1.54) is 11.0 Å². The van der Waals surface area contributed by atoms with E-state index in [0.29, 0.717) is 0 Å². The number of hydrogen-bond donors (Lipinski definition) is 2. The van der Waals surface area contributed by atoms with E-state index < -0.39 is 5.91 Å². The van der Waals surface area contributed by atoms with Crippen molar-refractivity contribution in [1.82, 2.24) is 14.8 Å². The first-order valence-corrected chi connectivity index (χ1v) is 2.61. The van der Waals surface area contributed by atoms with Crippen LogP contribution in [-0.2, 0) is 11.3 Å². The molecule has 6 nitrogen and oxygen atoms in total. The fourth-order valence-electron chi connectivity index (χ4n) is 0.545. The lowest BCUT2D eigenvalue weighted by molar-refractivity contribution is -0.118. The van der Waals surface area contributed by atoms with E-state index in [1.54, 1.807) is 0 Å². The van der Waals surface area contributed by atoms with E-state index in [4.69, 9.17) is 11.5 Å². The highest BCUT2D eigenvalue weighted by Crippen LogP contribution is 1.87. The van der Waals surface area contributed by atoms with Gasteiger partial charge in [0, 0.05) is 0 Å². The Labute approximate surface area is 56.8 Å². The Hall–Kier alpha value is -1.59. The van der Waals surface area contributed by atoms with Gasteiger partial charge in [0.15, 0.2) is 0 Å². The first-order valence-electron chi connectivity index (χ1n) is 2.61. The molecule has 0 spiro atoms. The molecule has 0 aliphatic rings. The van der Waals surface area contributed by atoms with E-state index >= 15 is 0 Å². The van der Waals surface area contributed by atoms with Crippen LogP contribution in [0.2, 0.25) is 0 Å². The van der Waals surface area contributed by atoms with Gasteiger partial charge in [0.25, 0.3) is 0 Å². The Morgan fingerprint density at radius 2 is 2.50 bits per heavy atom. The Kier molecular flexibility index (Phi) is 1.53. The van der Waals surface area contributed by atoms with Gasteiger partial charge in [-0.05, 0) is 0 Å². The van der Waals surface area contributed by atoms with Gasteiger partial charge in [0.05, 0.1) is 0 Å². The van der Waals surface area contributed by atoms with Gasteiger partial charge in [0.2, 0.25) is 11.9 Å². The molecule has 1 amide bonds. The van der Waals surface area contributed by atoms with Crippen LogP contribution in [0.15, 0.2) is 6.33 Å². The molecule has 6 heteroatoms. The lowest BCUT2D eigenvalue weighted by atomic mass is 10.6. The lowest BCUT2D eigenvalue weighted by Gasteiger charge is -1.91. The van der Waals surface area contributed by atoms with Crippen LogP contribution < -0.4 is 11.5 Å². The molecule has 0 bridgehead atoms. The number of primary amides is 1. The number of anilines is 1. The summed E-state index contributed by atoms with van der Waals surface area (Å²) in [5.74, 6) is -0.328. The van der Waals surface area contributed by atoms with E-state index in [2.05, 4.69) is 10.1 Å². The SMILES string of the molecule is NC(=O)Cn1cnc(N)n1. The molecule has 1 aromatic heterocycles. The Morgan fingerprint density at radius 3 is 2.90 bits per heavy atom. The molecule has 0 radical (unpaired) electrons. The summed E-state index contributed by atoms with van der Waals surface area (Å²) in [5.41, 5.74) is 10.0. The predicted octanol–water partition coefficient (Wildman–Crippen LogP) is -1.65. The monoisotopic (exact) mass is 141 g/mol. The minimum Gasteiger partial charge on any atom is -0.368 e. The highest BCUT2D eigenvalue weighted by molar-refractivity contribution is 5.73. The smallest absolute Gasteiger partial charge is 0.239 e. The summed E-state index contributed by atoms with van der Waals surface area (Å²) >= 11 is 0. The number of nitrogens with two attached hydrogens (primary N) is 2. The van der Waals surface area contributed by atoms with Crippen LogP contribution in [0.3, 0.4) is 0 Å². The highest BCUT2D eigenvalue weighted by Gasteiger charge is 1.97. The van der Waals surface area contributed by atoms with Gasteiger partial charge in [-0.3, -0.25) is 4.79 Å². The molecular weight excluding hydrogens is 134 g/mol. The highest BCUT2D eigenvalue weighted by atomic mass is 16.1. The van der Waals surface area contributed by atoms with Crippen LogP contribution >= 0.6 is 0 Å². The molecule has 54 valence electrons. The summed E-state index contributed by atoms with van der Waals surface area (Å²) in [4.78, 5) is 13.9. The fraction of sp³-hybridized carbons (Fsp3) is 0.250. The van der Waals surface area contributed by atoms with Crippen molar-refractivity contribution in [2.24, 2.45) is 5.73 Å². The molecule has 0 aliphatic carbocycles. The standard InChI is InChI=1S/C4H7N5O/c5-3(10)1-9-2-7-4(6)8-9/h2H,1H2,(H2,5,10)(H2,6,8). The summed E-state index contributed by atoms with van der Waals surface area (Å²) in [6, 6.07) is 0. The van der Waals surface area contributed by atoms with Gasteiger partial charge in [0.1, 0.15) is 12.9 Å². The third kappa shape index (κ3) is 1.44. The third-order valence-corrected chi connectivity index (χ3v) is 0.872. The maximum atomic E-state index is 10.3. The third-order valence-electron chi connectivity index (χ3n) is 0.872. The lowest BCUT2D eigenvalue weighted by Crippen LogP contribution is -2.18. The van der Waals surface area contributed by atoms with Gasteiger partial charge < -0.3 is 11.5 Å². The second kappa shape index (κ2) is 2.34. The Balaban J connectivity index is 2.67. The average molecular weight is 141 g/mol. The van der Waals surface area contributed by atoms with Crippen LogP contribution in [-0.4, -0.2) is 20.7 Å². The molecule has 1 heterocycles. The van der Waals surface area contributed by atoms with Gasteiger partial charge >= 0.3 is 0 Å². The van der Waals surface area contributed by atoms with E-state index in [0.717, 1.165) is 0 Å². The number of carbonyl (C=O) groups excluding carboxylic acids is 1. The second-order valence-corrected chi connectivity index (χ2v) is 1.77. The van der Waals surface area contributed by atoms with E-state index in [9.17, 15) is 4.79 Å². The van der Waals surface area contributed by atoms with Gasteiger partial charge in [-0.15, -0.1) is 5.10 Å². The molecule has 1 aromatic rings. The maximum Gasteiger partial charge on any atom is 0.239 e. The van der Waals surface area contributed by atoms with Crippen LogP contribution in [0.4, 0.5) is 5.95 Å². The Morgan fingerprint density at radius 1 is 1.80 bits per heavy atom. The average Bonchev–Trinajstić information content (AvgIpc) is 2.13. The van der Waals surface area contributed by atoms with Gasteiger partial charge in [-0.2, -0.15) is 0 Å². The predicted molar refractivity (Wildman–Crippen MR) is 33.6 cm³/mol. The van der Waals surface area contributed by atoms with Crippen LogP contribution in [0, 0.1) is 0 Å². The van der Waals surface area contributed by atoms with Crippen molar-refractivity contribution >= 4 is 11.9 Å². The number of nitrogen functional groups attached to an aromatic ring is 1. The maximum absolute atomic E-state index is 10.3. The molecule has 0 unspecified atom stereocenters. The zero-order valence-corrected chi connectivity index (χ0v) is 5.19. The molecule has 4 N–H and O–H groups in total. The van der Waals surface area contributed by atoms with E-state index in [-0.39, 0.29) is 12.5 Å². The number of amides is 1. The zero-order valence-electron chi connectivity index (χ0n) is 5.19. The van der Waals surface area contributed by atoms with E-state index in [1.807, 2.05) is 0 Å². The second-order valence-electron chi connectivity index (χ2n) is 1.77. The molecule has 1 rings (SSSR count). The summed E-state index contributed by atoms with van der Waals surface area (Å²) in [7, 11) is 0. The van der Waals surface area contributed by atoms with Crippen molar-refractivity contribution in [2.75, 3.05) is 5.73 Å². The minimum absolute atomic E-state index is 0.0181. The van der Waals surface area contributed by atoms with Crippen LogP contribution in [0.1, 0.15) is 0 Å². The topological polar surface area (TPSA) is 99.8 Å². The summed E-state index contributed by atoms with van der Waals surface area (Å²) in [5, 5.41) is 3.63. The molecular formula is C4H7N5O. The van der Waals surface area contributed by atoms with Crippen molar-refractivity contribution in [3.05, 3.63) is 6.33 Å². The van der Waals surface area contributed by atoms with Crippen LogP contribution in [0.5, 0.6) is 0 Å². The number of aromatic nitrogens is 3. The molecule has 0 saturated carbocycles. The number of rotatable bonds is 2. The van der Waals surface area contributed by atoms with Crippen LogP contribution in [0.25, 0.3) is 0 Å². The fourth-order valence-corrected chi connectivity index (χ4v) is 0.545. The molecule has 0 aromatic carbocycles. The van der Waals surface area contributed by atoms with Crippen molar-refractivity contribution < 1.29 is 4.79 Å². The Bertz CT molecular complexity index is 242. The molecule has 10 heavy (non-hydrogen) atoms. The summed E-state index contributed by atoms with van der Waals surface area (Å²) in [6.07, 6.45) is 1.35. The number of hydrogen-bond acceptors (Lipinski definition) is 4.